The van der Waals surface area contributed by atoms with Gasteiger partial charge in [0.15, 0.2) is 0 Å². The van der Waals surface area contributed by atoms with Gasteiger partial charge in [0.1, 0.15) is 0 Å². The van der Waals surface area contributed by atoms with Gasteiger partial charge < -0.3 is 15.2 Å². The number of benzene rings is 1. The highest BCUT2D eigenvalue weighted by atomic mass is 16.2. The van der Waals surface area contributed by atoms with Gasteiger partial charge in [0.2, 0.25) is 5.91 Å². The predicted octanol–water partition coefficient (Wildman–Crippen LogP) is 1.79. The average molecular weight is 327 g/mol. The van der Waals surface area contributed by atoms with E-state index >= 15 is 0 Å². The molecule has 1 saturated heterocycles. The van der Waals surface area contributed by atoms with E-state index in [1.54, 1.807) is 18.7 Å². The molecule has 2 aromatic rings. The molecule has 0 radical (unpaired) electrons. The van der Waals surface area contributed by atoms with Gasteiger partial charge in [0.05, 0.1) is 5.56 Å². The van der Waals surface area contributed by atoms with Gasteiger partial charge in [-0.15, -0.1) is 0 Å². The summed E-state index contributed by atoms with van der Waals surface area (Å²) in [4.78, 5) is 41.4. The maximum Gasteiger partial charge on any atom is 0.292 e. The van der Waals surface area contributed by atoms with Crippen LogP contribution in [-0.4, -0.2) is 46.6 Å². The van der Waals surface area contributed by atoms with Crippen molar-refractivity contribution in [1.82, 2.24) is 15.2 Å². The lowest BCUT2D eigenvalue weighted by molar-refractivity contribution is -0.128. The summed E-state index contributed by atoms with van der Waals surface area (Å²) in [6, 6.07) is 7.15. The highest BCUT2D eigenvalue weighted by Gasteiger charge is 2.26. The molecule has 1 aliphatic rings. The van der Waals surface area contributed by atoms with Crippen molar-refractivity contribution in [2.45, 2.75) is 32.7 Å². The van der Waals surface area contributed by atoms with E-state index in [0.717, 1.165) is 17.3 Å². The monoisotopic (exact) mass is 327 g/mol. The minimum atomic E-state index is -0.637. The number of H-pyrrole nitrogens is 1. The summed E-state index contributed by atoms with van der Waals surface area (Å²) in [5.74, 6) is -1.08. The van der Waals surface area contributed by atoms with E-state index in [1.165, 1.54) is 0 Å². The standard InChI is InChI=1S/C18H21N3O3/c1-11(10-21-9-5-8-15(21)22)19-18(24)17(23)16-12(2)20-14-7-4-3-6-13(14)16/h3-4,6-7,11,20H,5,8-10H2,1-2H3,(H,19,24). The van der Waals surface area contributed by atoms with Crippen LogP contribution in [0.25, 0.3) is 10.9 Å². The normalized spacial score (nSPS) is 15.8. The molecule has 0 aliphatic carbocycles. The smallest absolute Gasteiger partial charge is 0.292 e. The second kappa shape index (κ2) is 6.47. The summed E-state index contributed by atoms with van der Waals surface area (Å²) >= 11 is 0. The molecule has 1 aromatic heterocycles. The van der Waals surface area contributed by atoms with E-state index in [-0.39, 0.29) is 11.9 Å². The molecule has 1 atom stereocenters. The van der Waals surface area contributed by atoms with Gasteiger partial charge in [-0.05, 0) is 26.3 Å². The number of fused-ring (bicyclic) bond motifs is 1. The summed E-state index contributed by atoms with van der Waals surface area (Å²) in [5, 5.41) is 3.46. The Balaban J connectivity index is 1.71. The number of nitrogens with one attached hydrogen (secondary N) is 2. The zero-order chi connectivity index (χ0) is 17.3. The van der Waals surface area contributed by atoms with Gasteiger partial charge in [-0.1, -0.05) is 18.2 Å². The average Bonchev–Trinajstić information content (AvgIpc) is 3.09. The highest BCUT2D eigenvalue weighted by Crippen LogP contribution is 2.22. The second-order valence-corrected chi connectivity index (χ2v) is 6.32. The molecule has 2 amide bonds. The largest absolute Gasteiger partial charge is 0.358 e. The lowest BCUT2D eigenvalue weighted by Crippen LogP contribution is -2.44. The fourth-order valence-electron chi connectivity index (χ4n) is 3.25. The summed E-state index contributed by atoms with van der Waals surface area (Å²) in [6.07, 6.45) is 1.42. The maximum atomic E-state index is 12.6. The Morgan fingerprint density at radius 1 is 1.33 bits per heavy atom. The molecule has 1 aliphatic heterocycles. The summed E-state index contributed by atoms with van der Waals surface area (Å²) in [7, 11) is 0. The molecule has 6 heteroatoms. The van der Waals surface area contributed by atoms with Crippen LogP contribution in [0, 0.1) is 6.92 Å². The number of likely N-dealkylation sites (tertiary alicyclic amines) is 1. The first kappa shape index (κ1) is 16.2. The van der Waals surface area contributed by atoms with Crippen LogP contribution in [0.2, 0.25) is 0 Å². The van der Waals surface area contributed by atoms with Crippen molar-refractivity contribution in [1.29, 1.82) is 0 Å². The Morgan fingerprint density at radius 2 is 2.08 bits per heavy atom. The first-order valence-electron chi connectivity index (χ1n) is 8.17. The number of aryl methyl sites for hydroxylation is 1. The van der Waals surface area contributed by atoms with Gasteiger partial charge in [0, 0.05) is 42.1 Å². The summed E-state index contributed by atoms with van der Waals surface area (Å²) < 4.78 is 0. The number of hydrogen-bond donors (Lipinski definition) is 2. The molecule has 0 saturated carbocycles. The van der Waals surface area contributed by atoms with Crippen molar-refractivity contribution >= 4 is 28.5 Å². The lowest BCUT2D eigenvalue weighted by Gasteiger charge is -2.21. The Morgan fingerprint density at radius 3 is 2.79 bits per heavy atom. The molecule has 0 bridgehead atoms. The van der Waals surface area contributed by atoms with Crippen LogP contribution in [-0.2, 0) is 9.59 Å². The number of aromatic amines is 1. The van der Waals surface area contributed by atoms with Crippen molar-refractivity contribution in [3.63, 3.8) is 0 Å². The van der Waals surface area contributed by atoms with Crippen LogP contribution in [0.4, 0.5) is 0 Å². The highest BCUT2D eigenvalue weighted by molar-refractivity contribution is 6.45. The van der Waals surface area contributed by atoms with Crippen LogP contribution >= 0.6 is 0 Å². The second-order valence-electron chi connectivity index (χ2n) is 6.32. The first-order chi connectivity index (χ1) is 11.5. The predicted molar refractivity (Wildman–Crippen MR) is 90.8 cm³/mol. The van der Waals surface area contributed by atoms with E-state index < -0.39 is 11.7 Å². The molecule has 2 heterocycles. The third-order valence-corrected chi connectivity index (χ3v) is 4.37. The molecule has 1 unspecified atom stereocenters. The Labute approximate surface area is 140 Å². The Kier molecular flexibility index (Phi) is 4.38. The first-order valence-corrected chi connectivity index (χ1v) is 8.17. The maximum absolute atomic E-state index is 12.6. The fourth-order valence-corrected chi connectivity index (χ4v) is 3.25. The van der Waals surface area contributed by atoms with Crippen molar-refractivity contribution in [2.75, 3.05) is 13.1 Å². The molecule has 1 fully saturated rings. The molecule has 126 valence electrons. The quantitative estimate of drug-likeness (QED) is 0.649. The van der Waals surface area contributed by atoms with Crippen molar-refractivity contribution in [3.8, 4) is 0 Å². The minimum Gasteiger partial charge on any atom is -0.358 e. The number of aromatic nitrogens is 1. The zero-order valence-electron chi connectivity index (χ0n) is 13.9. The number of hydrogen-bond acceptors (Lipinski definition) is 3. The number of para-hydroxylation sites is 1. The molecule has 3 rings (SSSR count). The number of Topliss-reactive ketones (excluding diaryl/α,β-unsaturated/α-hetero) is 1. The summed E-state index contributed by atoms with van der Waals surface area (Å²) in [5.41, 5.74) is 1.92. The van der Waals surface area contributed by atoms with Crippen LogP contribution < -0.4 is 5.32 Å². The van der Waals surface area contributed by atoms with E-state index in [4.69, 9.17) is 0 Å². The summed E-state index contributed by atoms with van der Waals surface area (Å²) in [6.45, 7) is 4.74. The third kappa shape index (κ3) is 3.04. The van der Waals surface area contributed by atoms with Gasteiger partial charge in [-0.3, -0.25) is 14.4 Å². The Hall–Kier alpha value is -2.63. The van der Waals surface area contributed by atoms with Crippen LogP contribution in [0.5, 0.6) is 0 Å². The van der Waals surface area contributed by atoms with Crippen molar-refractivity contribution < 1.29 is 14.4 Å². The van der Waals surface area contributed by atoms with E-state index in [2.05, 4.69) is 10.3 Å². The van der Waals surface area contributed by atoms with Crippen LogP contribution in [0.1, 0.15) is 35.8 Å². The van der Waals surface area contributed by atoms with E-state index in [1.807, 2.05) is 24.3 Å². The molecule has 6 nitrogen and oxygen atoms in total. The van der Waals surface area contributed by atoms with Gasteiger partial charge >= 0.3 is 0 Å². The molecule has 24 heavy (non-hydrogen) atoms. The number of carbonyl (C=O) groups excluding carboxylic acids is 3. The number of ketones is 1. The molecule has 0 spiro atoms. The molecular formula is C18H21N3O3. The van der Waals surface area contributed by atoms with Crippen LogP contribution in [0.15, 0.2) is 24.3 Å². The molecule has 1 aromatic carbocycles. The number of nitrogens with zero attached hydrogens (tertiary/aromatic N) is 1. The minimum absolute atomic E-state index is 0.106. The lowest BCUT2D eigenvalue weighted by atomic mass is 10.1. The van der Waals surface area contributed by atoms with Crippen molar-refractivity contribution in [3.05, 3.63) is 35.5 Å². The third-order valence-electron chi connectivity index (χ3n) is 4.37. The fraction of sp³-hybridized carbons (Fsp3) is 0.389. The SMILES string of the molecule is Cc1[nH]c2ccccc2c1C(=O)C(=O)NC(C)CN1CCCC1=O. The van der Waals surface area contributed by atoms with Gasteiger partial charge in [-0.2, -0.15) is 0 Å². The number of rotatable bonds is 5. The van der Waals surface area contributed by atoms with E-state index in [9.17, 15) is 14.4 Å². The van der Waals surface area contributed by atoms with Crippen LogP contribution in [0.3, 0.4) is 0 Å². The molecular weight excluding hydrogens is 306 g/mol. The van der Waals surface area contributed by atoms with Gasteiger partial charge in [0.25, 0.3) is 11.7 Å². The Bertz CT molecular complexity index is 809. The number of carbonyl (C=O) groups is 3. The number of amides is 2. The molecule has 2 N–H and O–H groups in total. The van der Waals surface area contributed by atoms with Crippen molar-refractivity contribution in [2.24, 2.45) is 0 Å². The van der Waals surface area contributed by atoms with Gasteiger partial charge in [-0.25, -0.2) is 0 Å². The topological polar surface area (TPSA) is 82.3 Å². The van der Waals surface area contributed by atoms with E-state index in [0.29, 0.717) is 30.8 Å². The zero-order valence-corrected chi connectivity index (χ0v) is 13.9.